The number of hydrogen-bond donors (Lipinski definition) is 0. The molecule has 82 valence electrons. The molecule has 1 atom stereocenters. The van der Waals surface area contributed by atoms with E-state index in [0.29, 0.717) is 17.7 Å². The number of ketones is 1. The van der Waals surface area contributed by atoms with E-state index in [2.05, 4.69) is 36.7 Å². The van der Waals surface area contributed by atoms with E-state index in [1.807, 2.05) is 0 Å². The molecule has 1 aliphatic rings. The molecular weight excluding hydrogens is 186 g/mol. The number of hydrogen-bond acceptors (Lipinski definition) is 1. The Hall–Kier alpha value is -1.05. The predicted octanol–water partition coefficient (Wildman–Crippen LogP) is 3.12. The zero-order chi connectivity index (χ0) is 10.8. The van der Waals surface area contributed by atoms with Crippen LogP contribution in [0.25, 0.3) is 0 Å². The van der Waals surface area contributed by atoms with Gasteiger partial charge in [-0.2, -0.15) is 0 Å². The Morgan fingerprint density at radius 1 is 1.40 bits per heavy atom. The van der Waals surface area contributed by atoms with Crippen LogP contribution in [-0.2, 0) is 4.79 Å². The summed E-state index contributed by atoms with van der Waals surface area (Å²) in [6.45, 7) is 4.41. The van der Waals surface area contributed by atoms with Gasteiger partial charge in [0.15, 0.2) is 0 Å². The zero-order valence-corrected chi connectivity index (χ0v) is 9.57. The summed E-state index contributed by atoms with van der Waals surface area (Å²) in [6.07, 6.45) is 5.86. The van der Waals surface area contributed by atoms with Crippen LogP contribution in [0.3, 0.4) is 0 Å². The van der Waals surface area contributed by atoms with Crippen LogP contribution in [0.4, 0.5) is 0 Å². The molecule has 0 aliphatic heterocycles. The standard InChI is InChI=1S/C13H19NO/c1-10-4-3-9-14(10)11(2)12-5-7-13(15)8-6-12/h3-4,9,11-12H,5-8H2,1-2H3/t11-/m1/s1. The number of carbonyl (C=O) groups excluding carboxylic acids is 1. The second-order valence-electron chi connectivity index (χ2n) is 4.67. The van der Waals surface area contributed by atoms with Gasteiger partial charge in [0.25, 0.3) is 0 Å². The molecule has 0 radical (unpaired) electrons. The minimum atomic E-state index is 0.447. The molecular formula is C13H19NO. The summed E-state index contributed by atoms with van der Waals surface area (Å²) in [6, 6.07) is 4.78. The first-order valence-electron chi connectivity index (χ1n) is 5.83. The summed E-state index contributed by atoms with van der Waals surface area (Å²) in [7, 11) is 0. The van der Waals surface area contributed by atoms with E-state index in [1.54, 1.807) is 0 Å². The lowest BCUT2D eigenvalue weighted by Gasteiger charge is -2.29. The fourth-order valence-corrected chi connectivity index (χ4v) is 2.61. The Kier molecular flexibility index (Phi) is 2.94. The molecule has 0 bridgehead atoms. The van der Waals surface area contributed by atoms with Crippen molar-refractivity contribution in [3.8, 4) is 0 Å². The molecule has 1 aromatic rings. The fourth-order valence-electron chi connectivity index (χ4n) is 2.61. The second-order valence-corrected chi connectivity index (χ2v) is 4.67. The van der Waals surface area contributed by atoms with Crippen molar-refractivity contribution in [3.63, 3.8) is 0 Å². The number of nitrogens with zero attached hydrogens (tertiary/aromatic N) is 1. The lowest BCUT2D eigenvalue weighted by molar-refractivity contribution is -0.121. The molecule has 0 aromatic carbocycles. The largest absolute Gasteiger partial charge is 0.349 e. The molecule has 0 amide bonds. The molecule has 1 fully saturated rings. The van der Waals surface area contributed by atoms with Crippen molar-refractivity contribution < 1.29 is 4.79 Å². The predicted molar refractivity (Wildman–Crippen MR) is 60.8 cm³/mol. The molecule has 2 nitrogen and oxygen atoms in total. The average molecular weight is 205 g/mol. The van der Waals surface area contributed by atoms with Gasteiger partial charge in [0.1, 0.15) is 5.78 Å². The van der Waals surface area contributed by atoms with Crippen LogP contribution >= 0.6 is 0 Å². The molecule has 1 aliphatic carbocycles. The summed E-state index contributed by atoms with van der Waals surface area (Å²) in [5.74, 6) is 1.12. The maximum atomic E-state index is 11.2. The number of aryl methyl sites for hydroxylation is 1. The Balaban J connectivity index is 2.05. The normalized spacial score (nSPS) is 20.5. The summed E-state index contributed by atoms with van der Waals surface area (Å²) in [4.78, 5) is 11.2. The maximum absolute atomic E-state index is 11.2. The third kappa shape index (κ3) is 2.14. The molecule has 15 heavy (non-hydrogen) atoms. The Morgan fingerprint density at radius 3 is 2.60 bits per heavy atom. The smallest absolute Gasteiger partial charge is 0.132 e. The summed E-state index contributed by atoms with van der Waals surface area (Å²) in [5, 5.41) is 0. The average Bonchev–Trinajstić information content (AvgIpc) is 2.65. The van der Waals surface area contributed by atoms with Crippen molar-refractivity contribution in [1.29, 1.82) is 0 Å². The summed E-state index contributed by atoms with van der Waals surface area (Å²) >= 11 is 0. The molecule has 1 saturated carbocycles. The van der Waals surface area contributed by atoms with Crippen molar-refractivity contribution in [2.75, 3.05) is 0 Å². The lowest BCUT2D eigenvalue weighted by atomic mass is 9.84. The third-order valence-electron chi connectivity index (χ3n) is 3.70. The highest BCUT2D eigenvalue weighted by Crippen LogP contribution is 2.31. The Morgan fingerprint density at radius 2 is 2.07 bits per heavy atom. The number of aromatic nitrogens is 1. The van der Waals surface area contributed by atoms with Crippen molar-refractivity contribution in [1.82, 2.24) is 4.57 Å². The number of carbonyl (C=O) groups is 1. The quantitative estimate of drug-likeness (QED) is 0.727. The van der Waals surface area contributed by atoms with Crippen LogP contribution in [0.1, 0.15) is 44.3 Å². The SMILES string of the molecule is Cc1cccn1[C@H](C)C1CCC(=O)CC1. The fraction of sp³-hybridized carbons (Fsp3) is 0.615. The molecule has 2 rings (SSSR count). The van der Waals surface area contributed by atoms with Gasteiger partial charge in [-0.3, -0.25) is 4.79 Å². The molecule has 0 saturated heterocycles. The number of rotatable bonds is 2. The highest BCUT2D eigenvalue weighted by atomic mass is 16.1. The van der Waals surface area contributed by atoms with E-state index in [0.717, 1.165) is 25.7 Å². The van der Waals surface area contributed by atoms with E-state index >= 15 is 0 Å². The van der Waals surface area contributed by atoms with E-state index in [-0.39, 0.29) is 0 Å². The van der Waals surface area contributed by atoms with Crippen LogP contribution in [0.15, 0.2) is 18.3 Å². The highest BCUT2D eigenvalue weighted by molar-refractivity contribution is 5.79. The van der Waals surface area contributed by atoms with Gasteiger partial charge in [-0.05, 0) is 44.7 Å². The molecule has 1 aromatic heterocycles. The van der Waals surface area contributed by atoms with Gasteiger partial charge in [0, 0.05) is 30.8 Å². The van der Waals surface area contributed by atoms with Gasteiger partial charge in [-0.25, -0.2) is 0 Å². The van der Waals surface area contributed by atoms with Gasteiger partial charge < -0.3 is 4.57 Å². The molecule has 0 spiro atoms. The first kappa shape index (κ1) is 10.5. The van der Waals surface area contributed by atoms with Crippen molar-refractivity contribution in [2.24, 2.45) is 5.92 Å². The Labute approximate surface area is 91.3 Å². The molecule has 2 heteroatoms. The van der Waals surface area contributed by atoms with E-state index < -0.39 is 0 Å². The number of Topliss-reactive ketones (excluding diaryl/α,β-unsaturated/α-hetero) is 1. The molecule has 1 heterocycles. The lowest BCUT2D eigenvalue weighted by Crippen LogP contribution is -2.22. The maximum Gasteiger partial charge on any atom is 0.132 e. The minimum Gasteiger partial charge on any atom is -0.349 e. The van der Waals surface area contributed by atoms with Crippen LogP contribution < -0.4 is 0 Å². The van der Waals surface area contributed by atoms with Crippen LogP contribution in [0, 0.1) is 12.8 Å². The van der Waals surface area contributed by atoms with E-state index in [1.165, 1.54) is 5.69 Å². The highest BCUT2D eigenvalue weighted by Gasteiger charge is 2.24. The van der Waals surface area contributed by atoms with Crippen LogP contribution in [0.2, 0.25) is 0 Å². The van der Waals surface area contributed by atoms with E-state index in [4.69, 9.17) is 0 Å². The topological polar surface area (TPSA) is 22.0 Å². The third-order valence-corrected chi connectivity index (χ3v) is 3.70. The van der Waals surface area contributed by atoms with Gasteiger partial charge >= 0.3 is 0 Å². The molecule has 0 N–H and O–H groups in total. The van der Waals surface area contributed by atoms with Crippen LogP contribution in [-0.4, -0.2) is 10.4 Å². The zero-order valence-electron chi connectivity index (χ0n) is 9.57. The van der Waals surface area contributed by atoms with Gasteiger partial charge in [0.2, 0.25) is 0 Å². The Bertz CT molecular complexity index is 343. The van der Waals surface area contributed by atoms with Gasteiger partial charge in [-0.1, -0.05) is 0 Å². The van der Waals surface area contributed by atoms with Crippen molar-refractivity contribution in [3.05, 3.63) is 24.0 Å². The van der Waals surface area contributed by atoms with Gasteiger partial charge in [0.05, 0.1) is 0 Å². The first-order chi connectivity index (χ1) is 7.18. The second kappa shape index (κ2) is 4.21. The van der Waals surface area contributed by atoms with Crippen molar-refractivity contribution >= 4 is 5.78 Å². The van der Waals surface area contributed by atoms with Crippen molar-refractivity contribution in [2.45, 2.75) is 45.6 Å². The minimum absolute atomic E-state index is 0.447. The summed E-state index contributed by atoms with van der Waals surface area (Å²) < 4.78 is 2.33. The van der Waals surface area contributed by atoms with Crippen LogP contribution in [0.5, 0.6) is 0 Å². The van der Waals surface area contributed by atoms with Gasteiger partial charge in [-0.15, -0.1) is 0 Å². The first-order valence-corrected chi connectivity index (χ1v) is 5.83. The molecule has 0 unspecified atom stereocenters. The monoisotopic (exact) mass is 205 g/mol. The summed E-state index contributed by atoms with van der Waals surface area (Å²) in [5.41, 5.74) is 1.32. The van der Waals surface area contributed by atoms with E-state index in [9.17, 15) is 4.79 Å².